The van der Waals surface area contributed by atoms with E-state index in [1.54, 1.807) is 12.1 Å². The lowest BCUT2D eigenvalue weighted by Crippen LogP contribution is -2.16. The van der Waals surface area contributed by atoms with Gasteiger partial charge in [0.25, 0.3) is 5.91 Å². The van der Waals surface area contributed by atoms with Crippen LogP contribution in [0, 0.1) is 11.6 Å². The van der Waals surface area contributed by atoms with Crippen molar-refractivity contribution in [1.29, 1.82) is 0 Å². The Labute approximate surface area is 177 Å². The third-order valence-corrected chi connectivity index (χ3v) is 4.40. The highest BCUT2D eigenvalue weighted by Gasteiger charge is 2.21. The number of carbonyl (C=O) groups excluding carboxylic acids is 1. The van der Waals surface area contributed by atoms with Crippen LogP contribution in [0.5, 0.6) is 5.75 Å². The van der Waals surface area contributed by atoms with Crippen LogP contribution < -0.4 is 15.4 Å². The number of hydrogen-bond acceptors (Lipinski definition) is 5. The third kappa shape index (κ3) is 4.33. The fourth-order valence-electron chi connectivity index (χ4n) is 2.82. The van der Waals surface area contributed by atoms with E-state index in [0.29, 0.717) is 22.0 Å². The fourth-order valence-corrected chi connectivity index (χ4v) is 3.08. The number of hydrogen-bond donors (Lipinski definition) is 2. The molecule has 4 rings (SSSR count). The molecule has 1 aliphatic heterocycles. The summed E-state index contributed by atoms with van der Waals surface area (Å²) in [4.78, 5) is 20.4. The lowest BCUT2D eigenvalue weighted by atomic mass is 10.1. The molecular weight excluding hydrogens is 414 g/mol. The van der Waals surface area contributed by atoms with Crippen molar-refractivity contribution in [2.45, 2.75) is 27.0 Å². The van der Waals surface area contributed by atoms with E-state index in [9.17, 15) is 13.6 Å². The average molecular weight is 433 g/mol. The van der Waals surface area contributed by atoms with Crippen molar-refractivity contribution in [3.8, 4) is 17.0 Å². The number of rotatable bonds is 3. The Bertz CT molecular complexity index is 1060. The summed E-state index contributed by atoms with van der Waals surface area (Å²) in [6, 6.07) is 6.65. The summed E-state index contributed by atoms with van der Waals surface area (Å²) in [6.45, 7) is 5.86. The van der Waals surface area contributed by atoms with Gasteiger partial charge in [0.1, 0.15) is 22.9 Å². The van der Waals surface area contributed by atoms with Crippen molar-refractivity contribution in [3.05, 3.63) is 64.9 Å². The fraction of sp³-hybridized carbons (Fsp3) is 0.190. The van der Waals surface area contributed by atoms with Crippen molar-refractivity contribution < 1.29 is 18.3 Å². The van der Waals surface area contributed by atoms with Gasteiger partial charge in [-0.3, -0.25) is 9.78 Å². The first-order valence-electron chi connectivity index (χ1n) is 9.27. The van der Waals surface area contributed by atoms with E-state index in [0.717, 1.165) is 17.8 Å². The molecule has 6 nitrogen and oxygen atoms in total. The predicted octanol–water partition coefficient (Wildman–Crippen LogP) is 5.50. The van der Waals surface area contributed by atoms with Crippen LogP contribution in [0.2, 0.25) is 5.02 Å². The van der Waals surface area contributed by atoms with Crippen LogP contribution in [0.15, 0.2) is 42.7 Å². The Kier molecular flexibility index (Phi) is 6.47. The number of carbonyl (C=O) groups is 1. The minimum atomic E-state index is -0.963. The highest BCUT2D eigenvalue weighted by molar-refractivity contribution is 6.33. The minimum Gasteiger partial charge on any atom is -0.469 e. The van der Waals surface area contributed by atoms with Gasteiger partial charge in [0.15, 0.2) is 12.0 Å². The summed E-state index contributed by atoms with van der Waals surface area (Å²) in [5.41, 5.74) is 1.15. The number of aromatic nitrogens is 2. The molecule has 0 saturated heterocycles. The largest absolute Gasteiger partial charge is 0.469 e. The summed E-state index contributed by atoms with van der Waals surface area (Å²) >= 11 is 6.31. The summed E-state index contributed by atoms with van der Waals surface area (Å²) in [6.07, 6.45) is 2.51. The molecule has 30 heavy (non-hydrogen) atoms. The molecule has 2 aromatic carbocycles. The lowest BCUT2D eigenvalue weighted by Gasteiger charge is -2.08. The molecule has 156 valence electrons. The van der Waals surface area contributed by atoms with Gasteiger partial charge < -0.3 is 15.4 Å². The van der Waals surface area contributed by atoms with Crippen molar-refractivity contribution in [2.24, 2.45) is 0 Å². The van der Waals surface area contributed by atoms with Crippen molar-refractivity contribution in [2.75, 3.05) is 10.6 Å². The molecule has 1 amide bonds. The molecule has 1 unspecified atom stereocenters. The van der Waals surface area contributed by atoms with E-state index in [4.69, 9.17) is 16.3 Å². The molecule has 0 saturated carbocycles. The second-order valence-corrected chi connectivity index (χ2v) is 6.48. The highest BCUT2D eigenvalue weighted by atomic mass is 35.5. The van der Waals surface area contributed by atoms with Gasteiger partial charge in [-0.05, 0) is 31.2 Å². The molecule has 9 heteroatoms. The Balaban J connectivity index is 0.00000124. The molecule has 0 radical (unpaired) electrons. The molecule has 2 heterocycles. The van der Waals surface area contributed by atoms with E-state index in [-0.39, 0.29) is 12.0 Å². The van der Waals surface area contributed by atoms with Gasteiger partial charge in [-0.1, -0.05) is 31.5 Å². The van der Waals surface area contributed by atoms with Crippen LogP contribution in [0.4, 0.5) is 20.3 Å². The van der Waals surface area contributed by atoms with Gasteiger partial charge in [0.05, 0.1) is 28.8 Å². The molecule has 1 aromatic heterocycles. The molecule has 3 aromatic rings. The first-order chi connectivity index (χ1) is 14.4. The number of fused-ring (bicyclic) bond motifs is 1. The number of anilines is 2. The lowest BCUT2D eigenvalue weighted by molar-refractivity contribution is 0.101. The number of benzene rings is 2. The van der Waals surface area contributed by atoms with E-state index < -0.39 is 23.1 Å². The SMILES string of the molecule is CC.CC1Nc2cc(Cl)c(-c3cnc(NC(=O)c4c(F)cccc4F)cn3)cc2O1. The monoisotopic (exact) mass is 432 g/mol. The maximum Gasteiger partial charge on any atom is 0.262 e. The number of nitrogens with zero attached hydrogens (tertiary/aromatic N) is 2. The van der Waals surface area contributed by atoms with Gasteiger partial charge in [0.2, 0.25) is 0 Å². The predicted molar refractivity (Wildman–Crippen MR) is 112 cm³/mol. The van der Waals surface area contributed by atoms with Crippen LogP contribution in [0.3, 0.4) is 0 Å². The second kappa shape index (κ2) is 9.04. The number of ether oxygens (including phenoxy) is 1. The zero-order chi connectivity index (χ0) is 21.8. The summed E-state index contributed by atoms with van der Waals surface area (Å²) in [5, 5.41) is 5.89. The van der Waals surface area contributed by atoms with Crippen molar-refractivity contribution in [1.82, 2.24) is 9.97 Å². The summed E-state index contributed by atoms with van der Waals surface area (Å²) < 4.78 is 33.0. The molecule has 2 N–H and O–H groups in total. The zero-order valence-corrected chi connectivity index (χ0v) is 17.2. The van der Waals surface area contributed by atoms with E-state index in [1.807, 2.05) is 20.8 Å². The Morgan fingerprint density at radius 3 is 2.50 bits per heavy atom. The van der Waals surface area contributed by atoms with Gasteiger partial charge >= 0.3 is 0 Å². The molecule has 0 fully saturated rings. The molecule has 1 atom stereocenters. The van der Waals surface area contributed by atoms with Crippen LogP contribution in [-0.4, -0.2) is 22.1 Å². The van der Waals surface area contributed by atoms with Gasteiger partial charge in [-0.2, -0.15) is 0 Å². The molecule has 1 aliphatic rings. The van der Waals surface area contributed by atoms with Crippen LogP contribution >= 0.6 is 11.6 Å². The maximum absolute atomic E-state index is 13.7. The normalized spacial score (nSPS) is 14.0. The molecule has 0 spiro atoms. The zero-order valence-electron chi connectivity index (χ0n) is 16.5. The molecule has 0 aliphatic carbocycles. The van der Waals surface area contributed by atoms with E-state index in [1.165, 1.54) is 18.5 Å². The maximum atomic E-state index is 13.7. The average Bonchev–Trinajstić information content (AvgIpc) is 3.08. The minimum absolute atomic E-state index is 0.0419. The van der Waals surface area contributed by atoms with Crippen LogP contribution in [0.1, 0.15) is 31.1 Å². The molecular formula is C21H19ClF2N4O2. The Hall–Kier alpha value is -3.26. The van der Waals surface area contributed by atoms with Gasteiger partial charge in [-0.15, -0.1) is 0 Å². The van der Waals surface area contributed by atoms with Crippen LogP contribution in [-0.2, 0) is 0 Å². The smallest absolute Gasteiger partial charge is 0.262 e. The van der Waals surface area contributed by atoms with E-state index >= 15 is 0 Å². The number of halogens is 3. The van der Waals surface area contributed by atoms with Gasteiger partial charge in [0, 0.05) is 5.56 Å². The standard InChI is InChI=1S/C19H13ClF2N4O2.C2H6/c1-9-25-14-6-11(20)10(5-16(14)28-9)15-7-24-17(8-23-15)26-19(27)18-12(21)3-2-4-13(18)22;1-2/h2-9,25H,1H3,(H,24,26,27);1-2H3. The molecule has 0 bridgehead atoms. The second-order valence-electron chi connectivity index (χ2n) is 6.07. The van der Waals surface area contributed by atoms with Crippen molar-refractivity contribution in [3.63, 3.8) is 0 Å². The first-order valence-corrected chi connectivity index (χ1v) is 9.64. The number of amides is 1. The summed E-state index contributed by atoms with van der Waals surface area (Å²) in [5.74, 6) is -2.20. The third-order valence-electron chi connectivity index (χ3n) is 4.09. The quantitative estimate of drug-likeness (QED) is 0.571. The Morgan fingerprint density at radius 2 is 1.87 bits per heavy atom. The Morgan fingerprint density at radius 1 is 1.17 bits per heavy atom. The van der Waals surface area contributed by atoms with Crippen LogP contribution in [0.25, 0.3) is 11.3 Å². The van der Waals surface area contributed by atoms with E-state index in [2.05, 4.69) is 20.6 Å². The first kappa shape index (κ1) is 21.4. The van der Waals surface area contributed by atoms with Crippen molar-refractivity contribution >= 4 is 29.0 Å². The topological polar surface area (TPSA) is 76.1 Å². The number of nitrogens with one attached hydrogen (secondary N) is 2. The summed E-state index contributed by atoms with van der Waals surface area (Å²) in [7, 11) is 0. The van der Waals surface area contributed by atoms with Gasteiger partial charge in [-0.25, -0.2) is 13.8 Å². The highest BCUT2D eigenvalue weighted by Crippen LogP contribution is 2.39.